The van der Waals surface area contributed by atoms with Crippen LogP contribution in [0.15, 0.2) is 48.7 Å². The van der Waals surface area contributed by atoms with Gasteiger partial charge in [0.05, 0.1) is 13.2 Å². The first kappa shape index (κ1) is 17.2. The Kier molecular flexibility index (Phi) is 5.50. The zero-order valence-electron chi connectivity index (χ0n) is 14.1. The molecule has 0 spiro atoms. The lowest BCUT2D eigenvalue weighted by Gasteiger charge is -2.21. The number of hydrogen-bond donors (Lipinski definition) is 2. The van der Waals surface area contributed by atoms with E-state index in [0.717, 1.165) is 18.6 Å². The Bertz CT molecular complexity index is 708. The van der Waals surface area contributed by atoms with E-state index in [0.29, 0.717) is 12.1 Å². The number of nitrogens with one attached hydrogen (secondary N) is 1. The third-order valence-corrected chi connectivity index (χ3v) is 4.45. The molecule has 1 saturated carbocycles. The Hall–Kier alpha value is -2.60. The number of rotatable bonds is 6. The van der Waals surface area contributed by atoms with Gasteiger partial charge >= 0.3 is 0 Å². The number of nitrogens with zero attached hydrogens (tertiary/aromatic N) is 1. The number of amides is 1. The fraction of sp³-hybridized carbons (Fsp3) is 0.368. The largest absolute Gasteiger partial charge is 0.488 e. The first-order chi connectivity index (χ1) is 12.2. The molecule has 3 rings (SSSR count). The number of ether oxygens (including phenoxy) is 2. The van der Waals surface area contributed by atoms with Gasteiger partial charge in [-0.25, -0.2) is 4.98 Å². The summed E-state index contributed by atoms with van der Waals surface area (Å²) in [6.07, 6.45) is 2.26. The number of carbonyl (C=O) groups excluding carboxylic acids is 1. The van der Waals surface area contributed by atoms with Crippen molar-refractivity contribution in [2.75, 3.05) is 13.7 Å². The van der Waals surface area contributed by atoms with Gasteiger partial charge in [0, 0.05) is 18.7 Å². The quantitative estimate of drug-likeness (QED) is 0.840. The van der Waals surface area contributed by atoms with E-state index in [4.69, 9.17) is 9.47 Å². The minimum atomic E-state index is -0.615. The van der Waals surface area contributed by atoms with E-state index >= 15 is 0 Å². The fourth-order valence-corrected chi connectivity index (χ4v) is 3.09. The summed E-state index contributed by atoms with van der Waals surface area (Å²) in [5.41, 5.74) is 0.384. The van der Waals surface area contributed by atoms with Gasteiger partial charge in [-0.05, 0) is 37.1 Å². The predicted molar refractivity (Wildman–Crippen MR) is 92.7 cm³/mol. The highest BCUT2D eigenvalue weighted by Gasteiger charge is 2.36. The summed E-state index contributed by atoms with van der Waals surface area (Å²) in [5.74, 6) is 0.735. The van der Waals surface area contributed by atoms with Crippen LogP contribution in [0.25, 0.3) is 0 Å². The van der Waals surface area contributed by atoms with Crippen LogP contribution in [0.2, 0.25) is 0 Å². The lowest BCUT2D eigenvalue weighted by Crippen LogP contribution is -2.37. The second-order valence-corrected chi connectivity index (χ2v) is 6.07. The Labute approximate surface area is 146 Å². The number of pyridine rings is 1. The predicted octanol–water partition coefficient (Wildman–Crippen LogP) is 2.04. The van der Waals surface area contributed by atoms with Crippen LogP contribution in [0, 0.1) is 5.92 Å². The van der Waals surface area contributed by atoms with Crippen molar-refractivity contribution in [1.82, 2.24) is 10.3 Å². The van der Waals surface area contributed by atoms with Crippen LogP contribution in [-0.4, -0.2) is 41.9 Å². The molecule has 0 saturated heterocycles. The molecule has 1 amide bonds. The van der Waals surface area contributed by atoms with E-state index in [1.807, 2.05) is 30.3 Å². The molecule has 0 aliphatic heterocycles. The minimum absolute atomic E-state index is 0.0414. The van der Waals surface area contributed by atoms with Crippen molar-refractivity contribution in [3.8, 4) is 11.6 Å². The maximum atomic E-state index is 12.3. The van der Waals surface area contributed by atoms with Gasteiger partial charge < -0.3 is 19.9 Å². The lowest BCUT2D eigenvalue weighted by molar-refractivity contribution is 0.0348. The second kappa shape index (κ2) is 7.98. The molecule has 1 aromatic carbocycles. The minimum Gasteiger partial charge on any atom is -0.488 e. The molecule has 6 heteroatoms. The Morgan fingerprint density at radius 1 is 1.24 bits per heavy atom. The molecular formula is C19H22N2O4. The normalized spacial score (nSPS) is 22.4. The monoisotopic (exact) mass is 342 g/mol. The van der Waals surface area contributed by atoms with Crippen LogP contribution >= 0.6 is 0 Å². The SMILES string of the molecule is COc1ncccc1C(=O)NC[C@H]1CC[C@@H](Oc2ccccc2)[C@@H]1O. The summed E-state index contributed by atoms with van der Waals surface area (Å²) in [6, 6.07) is 12.8. The molecule has 2 N–H and O–H groups in total. The number of para-hydroxylation sites is 1. The average molecular weight is 342 g/mol. The molecule has 0 unspecified atom stereocenters. The molecule has 1 fully saturated rings. The molecule has 132 valence electrons. The zero-order valence-corrected chi connectivity index (χ0v) is 14.1. The average Bonchev–Trinajstić information content (AvgIpc) is 3.00. The van der Waals surface area contributed by atoms with Gasteiger partial charge in [0.1, 0.15) is 17.4 Å². The number of hydrogen-bond acceptors (Lipinski definition) is 5. The highest BCUT2D eigenvalue weighted by molar-refractivity contribution is 5.96. The highest BCUT2D eigenvalue weighted by Crippen LogP contribution is 2.29. The summed E-state index contributed by atoms with van der Waals surface area (Å²) in [7, 11) is 1.48. The van der Waals surface area contributed by atoms with E-state index < -0.39 is 6.10 Å². The maximum Gasteiger partial charge on any atom is 0.256 e. The smallest absolute Gasteiger partial charge is 0.256 e. The molecule has 1 heterocycles. The highest BCUT2D eigenvalue weighted by atomic mass is 16.5. The molecule has 1 aliphatic carbocycles. The summed E-state index contributed by atoms with van der Waals surface area (Å²) in [4.78, 5) is 16.3. The van der Waals surface area contributed by atoms with Crippen molar-refractivity contribution < 1.29 is 19.4 Å². The second-order valence-electron chi connectivity index (χ2n) is 6.07. The van der Waals surface area contributed by atoms with Crippen LogP contribution in [0.1, 0.15) is 23.2 Å². The van der Waals surface area contributed by atoms with Crippen LogP contribution in [0.4, 0.5) is 0 Å². The lowest BCUT2D eigenvalue weighted by atomic mass is 10.1. The van der Waals surface area contributed by atoms with Crippen molar-refractivity contribution in [2.45, 2.75) is 25.0 Å². The first-order valence-corrected chi connectivity index (χ1v) is 8.36. The summed E-state index contributed by atoms with van der Waals surface area (Å²) in [6.45, 7) is 0.382. The number of aliphatic hydroxyl groups excluding tert-OH is 1. The summed E-state index contributed by atoms with van der Waals surface area (Å²) in [5, 5.41) is 13.3. The topological polar surface area (TPSA) is 80.7 Å². The summed E-state index contributed by atoms with van der Waals surface area (Å²) >= 11 is 0. The molecule has 2 aromatic rings. The standard InChI is InChI=1S/C19H22N2O4/c1-24-19-15(8-5-11-20-19)18(23)21-12-13-9-10-16(17(13)22)25-14-6-3-2-4-7-14/h2-8,11,13,16-17,22H,9-10,12H2,1H3,(H,21,23)/t13-,16-,17-/m1/s1. The molecule has 1 aromatic heterocycles. The van der Waals surface area contributed by atoms with Crippen LogP contribution in [0.3, 0.4) is 0 Å². The third kappa shape index (κ3) is 4.09. The number of aliphatic hydroxyl groups is 1. The number of benzene rings is 1. The van der Waals surface area contributed by atoms with Gasteiger partial charge in [0.25, 0.3) is 5.91 Å². The van der Waals surface area contributed by atoms with Crippen molar-refractivity contribution in [3.63, 3.8) is 0 Å². The number of methoxy groups -OCH3 is 1. The van der Waals surface area contributed by atoms with E-state index in [2.05, 4.69) is 10.3 Å². The van der Waals surface area contributed by atoms with Gasteiger partial charge in [-0.15, -0.1) is 0 Å². The van der Waals surface area contributed by atoms with Gasteiger partial charge in [0.2, 0.25) is 5.88 Å². The van der Waals surface area contributed by atoms with Gasteiger partial charge in [-0.1, -0.05) is 18.2 Å². The molecule has 0 bridgehead atoms. The molecule has 3 atom stereocenters. The molecule has 6 nitrogen and oxygen atoms in total. The van der Waals surface area contributed by atoms with Crippen molar-refractivity contribution >= 4 is 5.91 Å². The first-order valence-electron chi connectivity index (χ1n) is 8.36. The van der Waals surface area contributed by atoms with Gasteiger partial charge in [-0.2, -0.15) is 0 Å². The van der Waals surface area contributed by atoms with Crippen LogP contribution < -0.4 is 14.8 Å². The van der Waals surface area contributed by atoms with Crippen molar-refractivity contribution in [2.24, 2.45) is 5.92 Å². The van der Waals surface area contributed by atoms with E-state index in [1.165, 1.54) is 7.11 Å². The Balaban J connectivity index is 1.54. The fourth-order valence-electron chi connectivity index (χ4n) is 3.09. The molecule has 25 heavy (non-hydrogen) atoms. The molecule has 1 aliphatic rings. The van der Waals surface area contributed by atoms with Gasteiger partial charge in [0.15, 0.2) is 0 Å². The van der Waals surface area contributed by atoms with Gasteiger partial charge in [-0.3, -0.25) is 4.79 Å². The third-order valence-electron chi connectivity index (χ3n) is 4.45. The van der Waals surface area contributed by atoms with Crippen LogP contribution in [0.5, 0.6) is 11.6 Å². The van der Waals surface area contributed by atoms with Crippen LogP contribution in [-0.2, 0) is 0 Å². The Morgan fingerprint density at radius 2 is 2.04 bits per heavy atom. The van der Waals surface area contributed by atoms with E-state index in [9.17, 15) is 9.90 Å². The summed E-state index contributed by atoms with van der Waals surface area (Å²) < 4.78 is 11.0. The number of aromatic nitrogens is 1. The molecule has 0 radical (unpaired) electrons. The van der Waals surface area contributed by atoms with Crippen molar-refractivity contribution in [1.29, 1.82) is 0 Å². The van der Waals surface area contributed by atoms with E-state index in [-0.39, 0.29) is 23.8 Å². The number of carbonyl (C=O) groups is 1. The Morgan fingerprint density at radius 3 is 2.80 bits per heavy atom. The molecular weight excluding hydrogens is 320 g/mol. The van der Waals surface area contributed by atoms with E-state index in [1.54, 1.807) is 18.3 Å². The van der Waals surface area contributed by atoms with Crippen molar-refractivity contribution in [3.05, 3.63) is 54.2 Å². The maximum absolute atomic E-state index is 12.3. The zero-order chi connectivity index (χ0) is 17.6.